The molecule has 1 N–H and O–H groups in total. The van der Waals surface area contributed by atoms with Crippen LogP contribution in [0.2, 0.25) is 0 Å². The van der Waals surface area contributed by atoms with Crippen molar-refractivity contribution in [2.45, 2.75) is 148 Å². The Balaban J connectivity index is 4.53. The smallest absolute Gasteiger partial charge is 0.306 e. The maximum Gasteiger partial charge on any atom is 0.306 e. The fourth-order valence-electron chi connectivity index (χ4n) is 4.94. The number of aliphatic hydroxyl groups is 1. The molecule has 0 aliphatic heterocycles. The van der Waals surface area contributed by atoms with Gasteiger partial charge in [0.2, 0.25) is 0 Å². The summed E-state index contributed by atoms with van der Waals surface area (Å²) in [6.07, 6.45) is 36.0. The molecule has 0 aliphatic rings. The number of hydrogen-bond acceptors (Lipinski definition) is 9. The van der Waals surface area contributed by atoms with Gasteiger partial charge in [0, 0.05) is 12.8 Å². The van der Waals surface area contributed by atoms with E-state index in [1.54, 1.807) is 0 Å². The van der Waals surface area contributed by atoms with Gasteiger partial charge in [-0.3, -0.25) is 14.2 Å². The number of quaternary nitrogens is 1. The maximum atomic E-state index is 12.6. The zero-order valence-electron chi connectivity index (χ0n) is 33.8. The third-order valence-electron chi connectivity index (χ3n) is 8.13. The number of phosphoric ester groups is 1. The summed E-state index contributed by atoms with van der Waals surface area (Å²) in [5, 5.41) is 9.75. The highest BCUT2D eigenvalue weighted by atomic mass is 31.2. The number of ether oxygens (including phenoxy) is 2. The average molecular weight is 768 g/mol. The van der Waals surface area contributed by atoms with Crippen LogP contribution in [0.15, 0.2) is 60.8 Å². The fraction of sp³-hybridized carbons (Fsp3) is 0.714. The summed E-state index contributed by atoms with van der Waals surface area (Å²) in [5.74, 6) is -0.932. The molecular weight excluding hydrogens is 693 g/mol. The molecule has 0 rings (SSSR count). The minimum absolute atomic E-state index is 0.0483. The van der Waals surface area contributed by atoms with Gasteiger partial charge in [-0.05, 0) is 44.9 Å². The summed E-state index contributed by atoms with van der Waals surface area (Å²) >= 11 is 0. The molecule has 3 atom stereocenters. The lowest BCUT2D eigenvalue weighted by Gasteiger charge is -2.28. The van der Waals surface area contributed by atoms with E-state index < -0.39 is 38.6 Å². The molecule has 11 heteroatoms. The molecule has 0 aromatic rings. The zero-order valence-corrected chi connectivity index (χ0v) is 34.7. The van der Waals surface area contributed by atoms with E-state index in [0.717, 1.165) is 38.5 Å². The van der Waals surface area contributed by atoms with E-state index in [0.29, 0.717) is 36.7 Å². The summed E-state index contributed by atoms with van der Waals surface area (Å²) < 4.78 is 33.7. The number of unbranched alkanes of at least 4 members (excludes halogenated alkanes) is 11. The highest BCUT2D eigenvalue weighted by Crippen LogP contribution is 2.38. The van der Waals surface area contributed by atoms with Crippen LogP contribution in [0.3, 0.4) is 0 Å². The lowest BCUT2D eigenvalue weighted by molar-refractivity contribution is -0.870. The van der Waals surface area contributed by atoms with Crippen LogP contribution in [0, 0.1) is 0 Å². The number of allylic oxidation sites excluding steroid dienone is 8. The molecule has 0 aromatic carbocycles. The molecule has 0 aromatic heterocycles. The van der Waals surface area contributed by atoms with Gasteiger partial charge in [-0.25, -0.2) is 0 Å². The van der Waals surface area contributed by atoms with Gasteiger partial charge >= 0.3 is 11.9 Å². The van der Waals surface area contributed by atoms with Gasteiger partial charge in [0.25, 0.3) is 7.82 Å². The predicted octanol–water partition coefficient (Wildman–Crippen LogP) is 9.24. The van der Waals surface area contributed by atoms with Crippen LogP contribution in [0.5, 0.6) is 0 Å². The summed E-state index contributed by atoms with van der Waals surface area (Å²) in [4.78, 5) is 37.3. The minimum Gasteiger partial charge on any atom is -0.756 e. The van der Waals surface area contributed by atoms with E-state index in [4.69, 9.17) is 18.5 Å². The highest BCUT2D eigenvalue weighted by molar-refractivity contribution is 7.45. The van der Waals surface area contributed by atoms with E-state index in [2.05, 4.69) is 19.1 Å². The van der Waals surface area contributed by atoms with Crippen LogP contribution < -0.4 is 4.89 Å². The van der Waals surface area contributed by atoms with Crippen molar-refractivity contribution >= 4 is 19.8 Å². The lowest BCUT2D eigenvalue weighted by Crippen LogP contribution is -2.37. The Bertz CT molecular complexity index is 1110. The topological polar surface area (TPSA) is 131 Å². The fourth-order valence-corrected chi connectivity index (χ4v) is 5.67. The molecular formula is C42H74NO9P. The van der Waals surface area contributed by atoms with Gasteiger partial charge < -0.3 is 33.0 Å². The molecule has 2 unspecified atom stereocenters. The number of phosphoric acid groups is 1. The Kier molecular flexibility index (Phi) is 32.7. The molecule has 0 aliphatic carbocycles. The summed E-state index contributed by atoms with van der Waals surface area (Å²) in [6, 6.07) is 0. The Hall–Kier alpha value is -2.33. The Morgan fingerprint density at radius 3 is 1.94 bits per heavy atom. The minimum atomic E-state index is -4.64. The van der Waals surface area contributed by atoms with Crippen molar-refractivity contribution in [2.24, 2.45) is 0 Å². The van der Waals surface area contributed by atoms with Crippen LogP contribution in [0.1, 0.15) is 136 Å². The lowest BCUT2D eigenvalue weighted by atomic mass is 10.1. The second-order valence-corrected chi connectivity index (χ2v) is 15.9. The molecule has 306 valence electrons. The van der Waals surface area contributed by atoms with Crippen LogP contribution in [0.4, 0.5) is 0 Å². The molecule has 0 radical (unpaired) electrons. The molecule has 0 bridgehead atoms. The Labute approximate surface area is 322 Å². The highest BCUT2D eigenvalue weighted by Gasteiger charge is 2.21. The largest absolute Gasteiger partial charge is 0.756 e. The number of esters is 2. The van der Waals surface area contributed by atoms with Crippen molar-refractivity contribution in [2.75, 3.05) is 47.5 Å². The van der Waals surface area contributed by atoms with Crippen molar-refractivity contribution in [1.29, 1.82) is 0 Å². The van der Waals surface area contributed by atoms with E-state index >= 15 is 0 Å². The summed E-state index contributed by atoms with van der Waals surface area (Å²) in [5.41, 5.74) is 0. The number of rotatable bonds is 35. The quantitative estimate of drug-likeness (QED) is 0.0167. The first kappa shape index (κ1) is 50.7. The number of carbonyl (C=O) groups is 2. The normalized spacial score (nSPS) is 14.9. The second-order valence-electron chi connectivity index (χ2n) is 14.5. The molecule has 0 saturated carbocycles. The van der Waals surface area contributed by atoms with Gasteiger partial charge in [0.15, 0.2) is 6.10 Å². The standard InChI is InChI=1S/C42H74NO9P/c1-6-8-10-11-12-13-16-21-24-27-30-34-42(46)52-40(38-51-53(47,48)50-36-35-43(3,4)5)37-49-41(45)33-29-26-23-20-18-15-14-17-19-22-25-28-32-39(44)31-9-7-2/h9,14-15,19-20,22-23,25,28,31,39-40,44H,6-8,10-13,16-18,21,24,26-27,29-30,32-38H2,1-5H3/b15-14-,22-19-,23-20-,28-25+,31-9-/t39?,40-/m1/s1. The van der Waals surface area contributed by atoms with Crippen molar-refractivity contribution in [1.82, 2.24) is 0 Å². The average Bonchev–Trinajstić information content (AvgIpc) is 3.10. The second kappa shape index (κ2) is 34.2. The number of nitrogens with zero attached hydrogens (tertiary/aromatic N) is 1. The molecule has 0 saturated heterocycles. The number of carbonyl (C=O) groups excluding carboxylic acids is 2. The Morgan fingerprint density at radius 2 is 1.30 bits per heavy atom. The van der Waals surface area contributed by atoms with Crippen LogP contribution >= 0.6 is 7.82 Å². The maximum absolute atomic E-state index is 12.6. The summed E-state index contributed by atoms with van der Waals surface area (Å²) in [6.45, 7) is 3.87. The third-order valence-corrected chi connectivity index (χ3v) is 9.09. The van der Waals surface area contributed by atoms with Gasteiger partial charge in [0.05, 0.1) is 33.9 Å². The van der Waals surface area contributed by atoms with Crippen molar-refractivity contribution in [3.63, 3.8) is 0 Å². The first-order valence-corrected chi connectivity index (χ1v) is 21.6. The van der Waals surface area contributed by atoms with E-state index in [1.807, 2.05) is 76.7 Å². The van der Waals surface area contributed by atoms with Gasteiger partial charge in [-0.1, -0.05) is 139 Å². The zero-order chi connectivity index (χ0) is 39.5. The molecule has 0 spiro atoms. The first-order valence-electron chi connectivity index (χ1n) is 20.1. The summed E-state index contributed by atoms with van der Waals surface area (Å²) in [7, 11) is 1.10. The predicted molar refractivity (Wildman–Crippen MR) is 214 cm³/mol. The molecule has 0 fully saturated rings. The van der Waals surface area contributed by atoms with E-state index in [9.17, 15) is 24.2 Å². The van der Waals surface area contributed by atoms with E-state index in [-0.39, 0.29) is 26.1 Å². The monoisotopic (exact) mass is 768 g/mol. The van der Waals surface area contributed by atoms with Gasteiger partial charge in [-0.15, -0.1) is 0 Å². The SMILES string of the molecule is CC/C=C\C(O)C/C=C/C=C\C/C=C\C/C=C\CCCC(=O)OC[C@H](COP(=O)([O-])OCC[N+](C)(C)C)OC(=O)CCCCCCCCCCCCC. The molecule has 0 amide bonds. The first-order chi connectivity index (χ1) is 25.4. The van der Waals surface area contributed by atoms with E-state index in [1.165, 1.54) is 44.9 Å². The molecule has 0 heterocycles. The van der Waals surface area contributed by atoms with Crippen molar-refractivity contribution in [3.8, 4) is 0 Å². The number of hydrogen-bond donors (Lipinski definition) is 1. The van der Waals surface area contributed by atoms with Crippen LogP contribution in [-0.2, 0) is 32.7 Å². The number of aliphatic hydroxyl groups excluding tert-OH is 1. The van der Waals surface area contributed by atoms with Gasteiger partial charge in [-0.2, -0.15) is 0 Å². The van der Waals surface area contributed by atoms with Crippen LogP contribution in [-0.4, -0.2) is 81.2 Å². The van der Waals surface area contributed by atoms with Crippen molar-refractivity contribution < 1.29 is 47.2 Å². The van der Waals surface area contributed by atoms with Crippen LogP contribution in [0.25, 0.3) is 0 Å². The molecule has 10 nitrogen and oxygen atoms in total. The van der Waals surface area contributed by atoms with Gasteiger partial charge in [0.1, 0.15) is 19.8 Å². The number of likely N-dealkylation sites (N-methyl/N-ethyl adjacent to an activating group) is 1. The van der Waals surface area contributed by atoms with Crippen molar-refractivity contribution in [3.05, 3.63) is 60.8 Å². The Morgan fingerprint density at radius 1 is 0.717 bits per heavy atom. The molecule has 53 heavy (non-hydrogen) atoms. The third kappa shape index (κ3) is 37.8.